The third kappa shape index (κ3) is 4.91. The van der Waals surface area contributed by atoms with E-state index >= 15 is 0 Å². The van der Waals surface area contributed by atoms with Crippen molar-refractivity contribution in [2.45, 2.75) is 52.9 Å². The van der Waals surface area contributed by atoms with E-state index in [1.807, 2.05) is 0 Å². The standard InChI is InChI=1S/C24H33FN2/c1-6-24(5,22-17-20(25)12-14-23(22)26)15-9-10-19-11-13-21(16-18(19)4)27(7-2)8-3/h9-14,16-17H,6-8,15,26H2,1-5H3/b10-9+. The molecule has 0 aliphatic heterocycles. The van der Waals surface area contributed by atoms with Gasteiger partial charge in [0.05, 0.1) is 0 Å². The van der Waals surface area contributed by atoms with Crippen LogP contribution in [0, 0.1) is 12.7 Å². The Kier molecular flexibility index (Phi) is 7.06. The highest BCUT2D eigenvalue weighted by Crippen LogP contribution is 2.36. The molecule has 0 saturated carbocycles. The Labute approximate surface area is 163 Å². The van der Waals surface area contributed by atoms with Gasteiger partial charge in [-0.05, 0) is 86.1 Å². The summed E-state index contributed by atoms with van der Waals surface area (Å²) in [6, 6.07) is 11.3. The van der Waals surface area contributed by atoms with Gasteiger partial charge in [0.25, 0.3) is 0 Å². The van der Waals surface area contributed by atoms with E-state index in [1.165, 1.54) is 22.9 Å². The van der Waals surface area contributed by atoms with Crippen LogP contribution < -0.4 is 10.6 Å². The van der Waals surface area contributed by atoms with Crippen LogP contribution in [0.25, 0.3) is 6.08 Å². The fourth-order valence-corrected chi connectivity index (χ4v) is 3.57. The molecule has 0 heterocycles. The van der Waals surface area contributed by atoms with Gasteiger partial charge >= 0.3 is 0 Å². The minimum atomic E-state index is -0.231. The zero-order valence-electron chi connectivity index (χ0n) is 17.3. The third-order valence-electron chi connectivity index (χ3n) is 5.69. The maximum atomic E-state index is 13.7. The molecular formula is C24H33FN2. The molecule has 146 valence electrons. The number of aryl methyl sites for hydroxylation is 1. The normalized spacial score (nSPS) is 13.7. The summed E-state index contributed by atoms with van der Waals surface area (Å²) in [5.41, 5.74) is 11.3. The zero-order valence-corrected chi connectivity index (χ0v) is 17.3. The van der Waals surface area contributed by atoms with E-state index < -0.39 is 0 Å². The summed E-state index contributed by atoms with van der Waals surface area (Å²) < 4.78 is 13.7. The van der Waals surface area contributed by atoms with Gasteiger partial charge in [-0.2, -0.15) is 0 Å². The van der Waals surface area contributed by atoms with E-state index in [0.29, 0.717) is 5.69 Å². The van der Waals surface area contributed by atoms with Crippen LogP contribution in [-0.4, -0.2) is 13.1 Å². The van der Waals surface area contributed by atoms with Crippen molar-refractivity contribution >= 4 is 17.5 Å². The predicted octanol–water partition coefficient (Wildman–Crippen LogP) is 6.33. The SMILES string of the molecule is CCN(CC)c1ccc(/C=C/CC(C)(CC)c2cc(F)ccc2N)c(C)c1. The molecule has 0 radical (unpaired) electrons. The second-order valence-electron chi connectivity index (χ2n) is 7.47. The maximum absolute atomic E-state index is 13.7. The Morgan fingerprint density at radius 2 is 1.78 bits per heavy atom. The summed E-state index contributed by atoms with van der Waals surface area (Å²) in [4.78, 5) is 2.35. The molecule has 2 aromatic carbocycles. The maximum Gasteiger partial charge on any atom is 0.123 e. The predicted molar refractivity (Wildman–Crippen MR) is 117 cm³/mol. The molecule has 1 atom stereocenters. The van der Waals surface area contributed by atoms with Crippen molar-refractivity contribution in [3.63, 3.8) is 0 Å². The minimum absolute atomic E-state index is 0.183. The summed E-state index contributed by atoms with van der Waals surface area (Å²) in [7, 11) is 0. The van der Waals surface area contributed by atoms with Crippen molar-refractivity contribution in [2.75, 3.05) is 23.7 Å². The van der Waals surface area contributed by atoms with E-state index in [2.05, 4.69) is 69.9 Å². The van der Waals surface area contributed by atoms with Crippen LogP contribution in [0.4, 0.5) is 15.8 Å². The van der Waals surface area contributed by atoms with E-state index in [9.17, 15) is 4.39 Å². The molecule has 0 fully saturated rings. The largest absolute Gasteiger partial charge is 0.398 e. The topological polar surface area (TPSA) is 29.3 Å². The number of nitrogens with zero attached hydrogens (tertiary/aromatic N) is 1. The second kappa shape index (κ2) is 9.07. The van der Waals surface area contributed by atoms with Gasteiger partial charge in [0.1, 0.15) is 5.82 Å². The molecule has 3 heteroatoms. The van der Waals surface area contributed by atoms with Crippen LogP contribution in [0.2, 0.25) is 0 Å². The van der Waals surface area contributed by atoms with Crippen molar-refractivity contribution < 1.29 is 4.39 Å². The van der Waals surface area contributed by atoms with Crippen LogP contribution in [0.1, 0.15) is 57.2 Å². The highest BCUT2D eigenvalue weighted by molar-refractivity contribution is 5.60. The molecule has 2 N–H and O–H groups in total. The van der Waals surface area contributed by atoms with E-state index in [1.54, 1.807) is 12.1 Å². The Hall–Kier alpha value is -2.29. The molecule has 0 spiro atoms. The summed E-state index contributed by atoms with van der Waals surface area (Å²) in [6.07, 6.45) is 6.07. The number of benzene rings is 2. The fraction of sp³-hybridized carbons (Fsp3) is 0.417. The lowest BCUT2D eigenvalue weighted by Gasteiger charge is -2.29. The zero-order chi connectivity index (χ0) is 20.0. The van der Waals surface area contributed by atoms with E-state index in [4.69, 9.17) is 5.73 Å². The highest BCUT2D eigenvalue weighted by Gasteiger charge is 2.26. The van der Waals surface area contributed by atoms with Crippen LogP contribution in [-0.2, 0) is 5.41 Å². The Morgan fingerprint density at radius 1 is 1.07 bits per heavy atom. The first-order chi connectivity index (χ1) is 12.8. The Bertz CT molecular complexity index is 793. The van der Waals surface area contributed by atoms with E-state index in [-0.39, 0.29) is 11.2 Å². The number of halogens is 1. The summed E-state index contributed by atoms with van der Waals surface area (Å²) in [5, 5.41) is 0. The number of anilines is 2. The quantitative estimate of drug-likeness (QED) is 0.551. The first kappa shape index (κ1) is 21.0. The molecule has 2 aromatic rings. The van der Waals surface area contributed by atoms with Crippen LogP contribution in [0.5, 0.6) is 0 Å². The number of nitrogen functional groups attached to an aromatic ring is 1. The van der Waals surface area contributed by atoms with Crippen LogP contribution >= 0.6 is 0 Å². The molecular weight excluding hydrogens is 335 g/mol. The highest BCUT2D eigenvalue weighted by atomic mass is 19.1. The smallest absolute Gasteiger partial charge is 0.123 e. The fourth-order valence-electron chi connectivity index (χ4n) is 3.57. The van der Waals surface area contributed by atoms with Crippen molar-refractivity contribution in [1.29, 1.82) is 0 Å². The molecule has 2 nitrogen and oxygen atoms in total. The molecule has 0 aromatic heterocycles. The summed E-state index contributed by atoms with van der Waals surface area (Å²) in [5.74, 6) is -0.231. The molecule has 0 saturated heterocycles. The lowest BCUT2D eigenvalue weighted by Crippen LogP contribution is -2.22. The summed E-state index contributed by atoms with van der Waals surface area (Å²) in [6.45, 7) is 12.8. The van der Waals surface area contributed by atoms with Gasteiger partial charge in [0, 0.05) is 24.5 Å². The molecule has 27 heavy (non-hydrogen) atoms. The first-order valence-electron chi connectivity index (χ1n) is 9.92. The van der Waals surface area contributed by atoms with Gasteiger partial charge in [-0.3, -0.25) is 0 Å². The number of hydrogen-bond donors (Lipinski definition) is 1. The van der Waals surface area contributed by atoms with Gasteiger partial charge in [-0.1, -0.05) is 32.1 Å². The lowest BCUT2D eigenvalue weighted by molar-refractivity contribution is 0.459. The van der Waals surface area contributed by atoms with Crippen LogP contribution in [0.3, 0.4) is 0 Å². The molecule has 0 bridgehead atoms. The van der Waals surface area contributed by atoms with Crippen LogP contribution in [0.15, 0.2) is 42.5 Å². The van der Waals surface area contributed by atoms with Gasteiger partial charge in [-0.25, -0.2) is 4.39 Å². The van der Waals surface area contributed by atoms with Gasteiger partial charge in [-0.15, -0.1) is 0 Å². The molecule has 2 rings (SSSR count). The number of rotatable bonds is 8. The van der Waals surface area contributed by atoms with Crippen molar-refractivity contribution in [2.24, 2.45) is 0 Å². The van der Waals surface area contributed by atoms with Crippen molar-refractivity contribution in [3.8, 4) is 0 Å². The Balaban J connectivity index is 2.21. The second-order valence-corrected chi connectivity index (χ2v) is 7.47. The molecule has 1 unspecified atom stereocenters. The van der Waals surface area contributed by atoms with Gasteiger partial charge < -0.3 is 10.6 Å². The average molecular weight is 369 g/mol. The molecule has 0 aliphatic rings. The number of allylic oxidation sites excluding steroid dienone is 1. The third-order valence-corrected chi connectivity index (χ3v) is 5.69. The number of hydrogen-bond acceptors (Lipinski definition) is 2. The van der Waals surface area contributed by atoms with Gasteiger partial charge in [0.2, 0.25) is 0 Å². The molecule has 0 amide bonds. The molecule has 0 aliphatic carbocycles. The van der Waals surface area contributed by atoms with Crippen molar-refractivity contribution in [3.05, 3.63) is 65.0 Å². The lowest BCUT2D eigenvalue weighted by atomic mass is 9.76. The average Bonchev–Trinajstić information content (AvgIpc) is 2.66. The minimum Gasteiger partial charge on any atom is -0.398 e. The monoisotopic (exact) mass is 368 g/mol. The first-order valence-corrected chi connectivity index (χ1v) is 9.92. The van der Waals surface area contributed by atoms with Crippen molar-refractivity contribution in [1.82, 2.24) is 0 Å². The van der Waals surface area contributed by atoms with E-state index in [0.717, 1.165) is 31.5 Å². The Morgan fingerprint density at radius 3 is 2.37 bits per heavy atom. The van der Waals surface area contributed by atoms with Gasteiger partial charge in [0.15, 0.2) is 0 Å². The summed E-state index contributed by atoms with van der Waals surface area (Å²) >= 11 is 0. The number of nitrogens with two attached hydrogens (primary N) is 1.